The fourth-order valence-electron chi connectivity index (χ4n) is 2.98. The number of rotatable bonds is 4. The minimum Gasteiger partial charge on any atom is -0.337 e. The number of sulfonamides is 1. The lowest BCUT2D eigenvalue weighted by Crippen LogP contribution is -2.50. The summed E-state index contributed by atoms with van der Waals surface area (Å²) in [5.41, 5.74) is -0.463. The van der Waals surface area contributed by atoms with Crippen LogP contribution in [-0.2, 0) is 28.0 Å². The fraction of sp³-hybridized carbons (Fsp3) is 0.333. The maximum atomic E-state index is 13.0. The second-order valence-corrected chi connectivity index (χ2v) is 8.99. The van der Waals surface area contributed by atoms with E-state index in [1.54, 1.807) is 30.2 Å². The van der Waals surface area contributed by atoms with Gasteiger partial charge in [-0.25, -0.2) is 8.42 Å². The van der Waals surface area contributed by atoms with Crippen molar-refractivity contribution in [3.05, 3.63) is 52.8 Å². The van der Waals surface area contributed by atoms with Gasteiger partial charge in [-0.05, 0) is 24.3 Å². The van der Waals surface area contributed by atoms with E-state index in [0.29, 0.717) is 6.07 Å². The summed E-state index contributed by atoms with van der Waals surface area (Å²) < 4.78 is 67.3. The molecule has 0 radical (unpaired) electrons. The number of aromatic nitrogens is 2. The van der Waals surface area contributed by atoms with Crippen molar-refractivity contribution >= 4 is 33.6 Å². The molecule has 0 N–H and O–H groups in total. The van der Waals surface area contributed by atoms with Crippen LogP contribution in [0.5, 0.6) is 0 Å². The molecule has 0 aliphatic carbocycles. The topological polar surface area (TPSA) is 75.5 Å². The van der Waals surface area contributed by atoms with Crippen molar-refractivity contribution in [3.63, 3.8) is 0 Å². The molecule has 0 bridgehead atoms. The van der Waals surface area contributed by atoms with Gasteiger partial charge in [0.25, 0.3) is 0 Å². The van der Waals surface area contributed by atoms with Crippen LogP contribution in [0.3, 0.4) is 0 Å². The number of carbonyl (C=O) groups is 1. The van der Waals surface area contributed by atoms with Crippen molar-refractivity contribution in [1.82, 2.24) is 19.0 Å². The zero-order valence-corrected chi connectivity index (χ0v) is 17.4. The molecule has 0 saturated carbocycles. The zero-order valence-electron chi connectivity index (χ0n) is 15.8. The van der Waals surface area contributed by atoms with E-state index < -0.39 is 31.7 Å². The number of benzene rings is 1. The maximum absolute atomic E-state index is 13.0. The summed E-state index contributed by atoms with van der Waals surface area (Å²) in [6.45, 7) is 0.182. The number of carbonyl (C=O) groups excluding carboxylic acids is 1. The zero-order chi connectivity index (χ0) is 22.1. The van der Waals surface area contributed by atoms with Crippen molar-refractivity contribution in [2.75, 3.05) is 26.2 Å². The van der Waals surface area contributed by atoms with Gasteiger partial charge in [0.2, 0.25) is 15.9 Å². The van der Waals surface area contributed by atoms with Crippen LogP contribution in [0, 0.1) is 0 Å². The monoisotopic (exact) mass is 462 g/mol. The van der Waals surface area contributed by atoms with Crippen molar-refractivity contribution in [1.29, 1.82) is 0 Å². The smallest absolute Gasteiger partial charge is 0.337 e. The number of piperazine rings is 1. The third kappa shape index (κ3) is 4.85. The van der Waals surface area contributed by atoms with E-state index in [0.717, 1.165) is 22.0 Å². The first-order valence-electron chi connectivity index (χ1n) is 8.81. The summed E-state index contributed by atoms with van der Waals surface area (Å²) in [5, 5.41) is 3.42. The summed E-state index contributed by atoms with van der Waals surface area (Å²) in [5.74, 6) is -0.290. The van der Waals surface area contributed by atoms with Gasteiger partial charge >= 0.3 is 6.18 Å². The molecule has 2 heterocycles. The highest BCUT2D eigenvalue weighted by molar-refractivity contribution is 7.89. The Kier molecular flexibility index (Phi) is 6.25. The average Bonchev–Trinajstić information content (AvgIpc) is 3.10. The molecular formula is C18H18ClF3N4O3S. The second-order valence-electron chi connectivity index (χ2n) is 6.65. The summed E-state index contributed by atoms with van der Waals surface area (Å²) in [6, 6.07) is 2.49. The Balaban J connectivity index is 1.68. The minimum atomic E-state index is -4.77. The Morgan fingerprint density at radius 1 is 1.20 bits per heavy atom. The number of halogens is 4. The van der Waals surface area contributed by atoms with E-state index in [-0.39, 0.29) is 32.1 Å². The van der Waals surface area contributed by atoms with Crippen molar-refractivity contribution in [2.45, 2.75) is 11.1 Å². The number of nitrogens with zero attached hydrogens (tertiary/aromatic N) is 4. The van der Waals surface area contributed by atoms with E-state index in [2.05, 4.69) is 5.10 Å². The Morgan fingerprint density at radius 2 is 1.87 bits per heavy atom. The molecule has 1 saturated heterocycles. The molecule has 1 aliphatic rings. The van der Waals surface area contributed by atoms with Gasteiger partial charge in [-0.1, -0.05) is 11.6 Å². The minimum absolute atomic E-state index is 0.0290. The quantitative estimate of drug-likeness (QED) is 0.655. The number of amides is 1. The fourth-order valence-corrected chi connectivity index (χ4v) is 4.65. The lowest BCUT2D eigenvalue weighted by molar-refractivity contribution is -0.137. The van der Waals surface area contributed by atoms with Crippen molar-refractivity contribution in [2.24, 2.45) is 7.05 Å². The average molecular weight is 463 g/mol. The Bertz CT molecular complexity index is 1070. The molecule has 1 amide bonds. The summed E-state index contributed by atoms with van der Waals surface area (Å²) in [4.78, 5) is 13.3. The third-order valence-corrected chi connectivity index (χ3v) is 6.80. The molecule has 2 aromatic rings. The Hall–Kier alpha value is -2.37. The Morgan fingerprint density at radius 3 is 2.43 bits per heavy atom. The van der Waals surface area contributed by atoms with Gasteiger partial charge in [0, 0.05) is 51.1 Å². The number of alkyl halides is 3. The summed E-state index contributed by atoms with van der Waals surface area (Å²) in [7, 11) is -2.41. The van der Waals surface area contributed by atoms with Gasteiger partial charge in [-0.2, -0.15) is 22.6 Å². The van der Waals surface area contributed by atoms with Crippen molar-refractivity contribution in [3.8, 4) is 0 Å². The van der Waals surface area contributed by atoms with Crippen LogP contribution in [0.25, 0.3) is 6.08 Å². The predicted octanol–water partition coefficient (Wildman–Crippen LogP) is 2.64. The number of hydrogen-bond acceptors (Lipinski definition) is 4. The molecule has 0 atom stereocenters. The molecular weight excluding hydrogens is 445 g/mol. The molecule has 1 aliphatic heterocycles. The van der Waals surface area contributed by atoms with Gasteiger partial charge in [0.1, 0.15) is 0 Å². The highest BCUT2D eigenvalue weighted by Crippen LogP contribution is 2.36. The predicted molar refractivity (Wildman–Crippen MR) is 104 cm³/mol. The summed E-state index contributed by atoms with van der Waals surface area (Å²) >= 11 is 5.56. The largest absolute Gasteiger partial charge is 0.417 e. The molecule has 12 heteroatoms. The van der Waals surface area contributed by atoms with Gasteiger partial charge < -0.3 is 4.90 Å². The Labute approximate surface area is 176 Å². The van der Waals surface area contributed by atoms with Gasteiger partial charge in [0.05, 0.1) is 21.7 Å². The highest BCUT2D eigenvalue weighted by Gasteiger charge is 2.36. The van der Waals surface area contributed by atoms with E-state index in [1.807, 2.05) is 0 Å². The van der Waals surface area contributed by atoms with E-state index in [1.165, 1.54) is 11.0 Å². The SMILES string of the molecule is Cn1cc(/C=C/C(=O)N2CCN(S(=O)(=O)c3ccc(Cl)c(C(F)(F)F)c3)CC2)cn1. The van der Waals surface area contributed by atoms with Gasteiger partial charge in [0.15, 0.2) is 0 Å². The van der Waals surface area contributed by atoms with Gasteiger partial charge in [-0.15, -0.1) is 0 Å². The van der Waals surface area contributed by atoms with Crippen LogP contribution in [0.2, 0.25) is 5.02 Å². The molecule has 0 spiro atoms. The van der Waals surface area contributed by atoms with E-state index >= 15 is 0 Å². The summed E-state index contributed by atoms with van der Waals surface area (Å²) in [6.07, 6.45) is 1.53. The van der Waals surface area contributed by atoms with E-state index in [9.17, 15) is 26.4 Å². The van der Waals surface area contributed by atoms with Gasteiger partial charge in [-0.3, -0.25) is 9.48 Å². The number of hydrogen-bond donors (Lipinski definition) is 0. The van der Waals surface area contributed by atoms with Crippen LogP contribution in [0.1, 0.15) is 11.1 Å². The maximum Gasteiger partial charge on any atom is 0.417 e. The molecule has 1 aromatic carbocycles. The molecule has 7 nitrogen and oxygen atoms in total. The molecule has 162 valence electrons. The number of aryl methyl sites for hydroxylation is 1. The van der Waals surface area contributed by atoms with Crippen LogP contribution in [0.15, 0.2) is 41.6 Å². The second kappa shape index (κ2) is 8.40. The van der Waals surface area contributed by atoms with Crippen LogP contribution in [-0.4, -0.2) is 59.5 Å². The molecule has 1 aromatic heterocycles. The molecule has 1 fully saturated rings. The normalized spacial score (nSPS) is 16.4. The van der Waals surface area contributed by atoms with Crippen LogP contribution >= 0.6 is 11.6 Å². The van der Waals surface area contributed by atoms with Crippen molar-refractivity contribution < 1.29 is 26.4 Å². The molecule has 0 unspecified atom stereocenters. The van der Waals surface area contributed by atoms with E-state index in [4.69, 9.17) is 11.6 Å². The molecule has 30 heavy (non-hydrogen) atoms. The highest BCUT2D eigenvalue weighted by atomic mass is 35.5. The molecule has 3 rings (SSSR count). The van der Waals surface area contributed by atoms with Crippen LogP contribution in [0.4, 0.5) is 13.2 Å². The lowest BCUT2D eigenvalue weighted by atomic mass is 10.2. The van der Waals surface area contributed by atoms with Crippen LogP contribution < -0.4 is 0 Å². The first kappa shape index (κ1) is 22.3. The standard InChI is InChI=1S/C18H18ClF3N4O3S/c1-24-12-13(11-23-24)2-5-17(27)25-6-8-26(9-7-25)30(28,29)14-3-4-16(19)15(10-14)18(20,21)22/h2-5,10-12H,6-9H2,1H3/b5-2+. The first-order valence-corrected chi connectivity index (χ1v) is 10.6. The lowest BCUT2D eigenvalue weighted by Gasteiger charge is -2.33. The first-order chi connectivity index (χ1) is 14.0. The third-order valence-electron chi connectivity index (χ3n) is 4.57.